The highest BCUT2D eigenvalue weighted by Crippen LogP contribution is 2.42. The fourth-order valence-electron chi connectivity index (χ4n) is 6.32. The molecule has 0 atom stereocenters. The third kappa shape index (κ3) is 3.96. The van der Waals surface area contributed by atoms with Crippen LogP contribution in [-0.2, 0) is 0 Å². The largest absolute Gasteiger partial charge is 0.292 e. The summed E-state index contributed by atoms with van der Waals surface area (Å²) in [6, 6.07) is 53.5. The number of hydrogen-bond donors (Lipinski definition) is 0. The number of hydrogen-bond acceptors (Lipinski definition) is 3. The van der Waals surface area contributed by atoms with E-state index in [1.807, 2.05) is 23.5 Å². The van der Waals surface area contributed by atoms with Gasteiger partial charge in [-0.25, -0.2) is 9.97 Å². The van der Waals surface area contributed by atoms with Crippen LogP contribution in [-0.4, -0.2) is 14.5 Å². The van der Waals surface area contributed by atoms with Crippen molar-refractivity contribution < 1.29 is 0 Å². The molecule has 0 saturated heterocycles. The van der Waals surface area contributed by atoms with E-state index in [0.717, 1.165) is 44.9 Å². The molecule has 4 heteroatoms. The van der Waals surface area contributed by atoms with Gasteiger partial charge in [0.2, 0.25) is 0 Å². The van der Waals surface area contributed by atoms with E-state index < -0.39 is 0 Å². The molecule has 9 aromatic rings. The van der Waals surface area contributed by atoms with E-state index in [9.17, 15) is 0 Å². The van der Waals surface area contributed by atoms with Crippen LogP contribution in [0.1, 0.15) is 0 Å². The monoisotopic (exact) mass is 579 g/mol. The lowest BCUT2D eigenvalue weighted by Gasteiger charge is -2.11. The van der Waals surface area contributed by atoms with Crippen LogP contribution in [0.25, 0.3) is 81.6 Å². The van der Waals surface area contributed by atoms with E-state index >= 15 is 0 Å². The molecule has 0 bridgehead atoms. The summed E-state index contributed by atoms with van der Waals surface area (Å²) in [7, 11) is 0. The molecule has 0 saturated carbocycles. The number of imidazole rings is 1. The van der Waals surface area contributed by atoms with Crippen LogP contribution in [0, 0.1) is 0 Å². The van der Waals surface area contributed by atoms with E-state index in [4.69, 9.17) is 9.97 Å². The first-order chi connectivity index (χ1) is 21.8. The van der Waals surface area contributed by atoms with Crippen molar-refractivity contribution in [3.8, 4) is 39.5 Å². The number of rotatable bonds is 4. The predicted molar refractivity (Wildman–Crippen MR) is 186 cm³/mol. The van der Waals surface area contributed by atoms with Crippen molar-refractivity contribution in [1.82, 2.24) is 14.5 Å². The Balaban J connectivity index is 1.11. The van der Waals surface area contributed by atoms with Crippen molar-refractivity contribution in [1.29, 1.82) is 0 Å². The minimum Gasteiger partial charge on any atom is -0.292 e. The van der Waals surface area contributed by atoms with E-state index in [2.05, 4.69) is 144 Å². The number of benzene rings is 6. The zero-order valence-corrected chi connectivity index (χ0v) is 24.5. The Morgan fingerprint density at radius 3 is 1.86 bits per heavy atom. The van der Waals surface area contributed by atoms with Gasteiger partial charge in [-0.05, 0) is 47.5 Å². The van der Waals surface area contributed by atoms with Crippen LogP contribution in [0.2, 0.25) is 0 Å². The summed E-state index contributed by atoms with van der Waals surface area (Å²) in [5.74, 6) is 0.944. The van der Waals surface area contributed by atoms with Crippen molar-refractivity contribution in [3.63, 3.8) is 0 Å². The molecule has 3 nitrogen and oxygen atoms in total. The smallest absolute Gasteiger partial charge is 0.145 e. The van der Waals surface area contributed by atoms with Gasteiger partial charge >= 0.3 is 0 Å². The molecule has 0 amide bonds. The minimum absolute atomic E-state index is 0.944. The zero-order valence-electron chi connectivity index (χ0n) is 23.7. The molecule has 6 aromatic carbocycles. The van der Waals surface area contributed by atoms with Crippen LogP contribution >= 0.6 is 11.3 Å². The summed E-state index contributed by atoms with van der Waals surface area (Å²) in [6.07, 6.45) is 0. The Labute approximate surface area is 258 Å². The second kappa shape index (κ2) is 10.0. The molecule has 206 valence electrons. The molecule has 0 aliphatic heterocycles. The van der Waals surface area contributed by atoms with E-state index in [-0.39, 0.29) is 0 Å². The van der Waals surface area contributed by atoms with Crippen LogP contribution in [0.5, 0.6) is 0 Å². The van der Waals surface area contributed by atoms with Gasteiger partial charge in [0.15, 0.2) is 0 Å². The van der Waals surface area contributed by atoms with Crippen LogP contribution in [0.3, 0.4) is 0 Å². The Bertz CT molecular complexity index is 2470. The molecule has 0 aliphatic carbocycles. The predicted octanol–water partition coefficient (Wildman–Crippen LogP) is 10.9. The molecule has 3 aromatic heterocycles. The zero-order chi connectivity index (χ0) is 29.0. The second-order valence-electron chi connectivity index (χ2n) is 11.0. The maximum absolute atomic E-state index is 5.17. The molecule has 3 heterocycles. The van der Waals surface area contributed by atoms with E-state index in [1.165, 1.54) is 36.7 Å². The highest BCUT2D eigenvalue weighted by molar-refractivity contribution is 7.26. The number of pyridine rings is 1. The standard InChI is InChI=1S/C40H25N3S/c1-2-10-29(11-3-1)40-42-34-15-7-8-16-35(34)43(40)30-24-22-27(23-25-30)26-18-20-28(21-19-26)38-39-37(31-12-4-6-14-33(31)41-38)32-13-5-9-17-36(32)44-39/h1-25H. The molecule has 44 heavy (non-hydrogen) atoms. The van der Waals surface area contributed by atoms with Crippen molar-refractivity contribution in [2.45, 2.75) is 0 Å². The first-order valence-electron chi connectivity index (χ1n) is 14.8. The maximum atomic E-state index is 5.17. The summed E-state index contributed by atoms with van der Waals surface area (Å²) >= 11 is 1.83. The van der Waals surface area contributed by atoms with Crippen molar-refractivity contribution in [2.75, 3.05) is 0 Å². The number of thiophene rings is 1. The number of aromatic nitrogens is 3. The fourth-order valence-corrected chi connectivity index (χ4v) is 7.55. The van der Waals surface area contributed by atoms with E-state index in [1.54, 1.807) is 0 Å². The number of fused-ring (bicyclic) bond motifs is 6. The number of nitrogens with zero attached hydrogens (tertiary/aromatic N) is 3. The van der Waals surface area contributed by atoms with Gasteiger partial charge in [-0.15, -0.1) is 11.3 Å². The Morgan fingerprint density at radius 2 is 1.07 bits per heavy atom. The molecule has 9 rings (SSSR count). The van der Waals surface area contributed by atoms with Crippen LogP contribution < -0.4 is 0 Å². The average molecular weight is 580 g/mol. The summed E-state index contributed by atoms with van der Waals surface area (Å²) in [5, 5.41) is 3.81. The van der Waals surface area contributed by atoms with Gasteiger partial charge in [0, 0.05) is 37.7 Å². The Kier molecular flexibility index (Phi) is 5.68. The molecule has 0 radical (unpaired) electrons. The van der Waals surface area contributed by atoms with Gasteiger partial charge in [-0.1, -0.05) is 115 Å². The maximum Gasteiger partial charge on any atom is 0.145 e. The fraction of sp³-hybridized carbons (Fsp3) is 0. The normalized spacial score (nSPS) is 11.6. The lowest BCUT2D eigenvalue weighted by molar-refractivity contribution is 1.10. The second-order valence-corrected chi connectivity index (χ2v) is 12.1. The summed E-state index contributed by atoms with van der Waals surface area (Å²) < 4.78 is 4.78. The van der Waals surface area contributed by atoms with Gasteiger partial charge in [-0.2, -0.15) is 0 Å². The summed E-state index contributed by atoms with van der Waals surface area (Å²) in [6.45, 7) is 0. The van der Waals surface area contributed by atoms with E-state index in [0.29, 0.717) is 0 Å². The lowest BCUT2D eigenvalue weighted by Crippen LogP contribution is -1.97. The topological polar surface area (TPSA) is 30.7 Å². The number of para-hydroxylation sites is 3. The Hall–Kier alpha value is -5.58. The minimum atomic E-state index is 0.944. The highest BCUT2D eigenvalue weighted by Gasteiger charge is 2.17. The van der Waals surface area contributed by atoms with Crippen molar-refractivity contribution in [2.24, 2.45) is 0 Å². The summed E-state index contributed by atoms with van der Waals surface area (Å²) in [5.41, 5.74) is 9.81. The average Bonchev–Trinajstić information content (AvgIpc) is 3.68. The molecular formula is C40H25N3S. The quantitative estimate of drug-likeness (QED) is 0.208. The third-order valence-corrected chi connectivity index (χ3v) is 9.60. The third-order valence-electron chi connectivity index (χ3n) is 8.43. The van der Waals surface area contributed by atoms with Gasteiger partial charge in [0.05, 0.1) is 26.9 Å². The first-order valence-corrected chi connectivity index (χ1v) is 15.6. The van der Waals surface area contributed by atoms with Gasteiger partial charge in [0.1, 0.15) is 5.82 Å². The molecular weight excluding hydrogens is 555 g/mol. The van der Waals surface area contributed by atoms with Gasteiger partial charge in [-0.3, -0.25) is 4.57 Å². The highest BCUT2D eigenvalue weighted by atomic mass is 32.1. The molecule has 0 N–H and O–H groups in total. The molecule has 0 unspecified atom stereocenters. The SMILES string of the molecule is c1ccc(-c2nc3ccccc3n2-c2ccc(-c3ccc(-c4nc5ccccc5c5c4sc4ccccc45)cc3)cc2)cc1. The first kappa shape index (κ1) is 25.0. The van der Waals surface area contributed by atoms with Crippen molar-refractivity contribution in [3.05, 3.63) is 152 Å². The molecule has 0 aliphatic rings. The molecule has 0 fully saturated rings. The van der Waals surface area contributed by atoms with Crippen molar-refractivity contribution >= 4 is 53.4 Å². The van der Waals surface area contributed by atoms with Crippen LogP contribution in [0.15, 0.2) is 152 Å². The van der Waals surface area contributed by atoms with Crippen LogP contribution in [0.4, 0.5) is 0 Å². The lowest BCUT2D eigenvalue weighted by atomic mass is 10.0. The summed E-state index contributed by atoms with van der Waals surface area (Å²) in [4.78, 5) is 10.2. The Morgan fingerprint density at radius 1 is 0.455 bits per heavy atom. The molecule has 0 spiro atoms. The van der Waals surface area contributed by atoms with Gasteiger partial charge < -0.3 is 0 Å². The van der Waals surface area contributed by atoms with Gasteiger partial charge in [0.25, 0.3) is 0 Å².